The monoisotopic (exact) mass is 251 g/mol. The van der Waals surface area contributed by atoms with E-state index in [1.165, 1.54) is 5.56 Å². The van der Waals surface area contributed by atoms with Crippen molar-refractivity contribution in [1.29, 1.82) is 0 Å². The SMILES string of the molecule is CC(C)(C)CC(=O)N1CCCC1c1ccsc1. The smallest absolute Gasteiger partial charge is 0.223 e. The third kappa shape index (κ3) is 3.09. The van der Waals surface area contributed by atoms with Crippen LogP contribution in [-0.2, 0) is 4.79 Å². The molecule has 17 heavy (non-hydrogen) atoms. The zero-order valence-corrected chi connectivity index (χ0v) is 11.7. The molecule has 1 aromatic rings. The quantitative estimate of drug-likeness (QED) is 0.782. The minimum atomic E-state index is 0.0822. The number of likely N-dealkylation sites (tertiary alicyclic amines) is 1. The Labute approximate surface area is 108 Å². The fraction of sp³-hybridized carbons (Fsp3) is 0.643. The summed E-state index contributed by atoms with van der Waals surface area (Å²) in [6.07, 6.45) is 2.90. The van der Waals surface area contributed by atoms with Crippen molar-refractivity contribution in [3.8, 4) is 0 Å². The van der Waals surface area contributed by atoms with Gasteiger partial charge in [-0.2, -0.15) is 11.3 Å². The van der Waals surface area contributed by atoms with Crippen LogP contribution in [0.2, 0.25) is 0 Å². The Morgan fingerprint density at radius 2 is 2.29 bits per heavy atom. The first-order valence-corrected chi connectivity index (χ1v) is 7.23. The van der Waals surface area contributed by atoms with Crippen molar-refractivity contribution in [2.75, 3.05) is 6.54 Å². The van der Waals surface area contributed by atoms with Crippen LogP contribution in [0.4, 0.5) is 0 Å². The van der Waals surface area contributed by atoms with Crippen LogP contribution < -0.4 is 0 Å². The molecule has 0 bridgehead atoms. The molecule has 2 rings (SSSR count). The van der Waals surface area contributed by atoms with Gasteiger partial charge in [-0.3, -0.25) is 4.79 Å². The Morgan fingerprint density at radius 3 is 2.88 bits per heavy atom. The molecule has 2 nitrogen and oxygen atoms in total. The number of carbonyl (C=O) groups is 1. The lowest BCUT2D eigenvalue weighted by molar-refractivity contribution is -0.134. The van der Waals surface area contributed by atoms with Gasteiger partial charge in [-0.15, -0.1) is 0 Å². The number of amides is 1. The molecule has 94 valence electrons. The Balaban J connectivity index is 2.07. The van der Waals surface area contributed by atoms with E-state index >= 15 is 0 Å². The van der Waals surface area contributed by atoms with Crippen molar-refractivity contribution in [3.05, 3.63) is 22.4 Å². The van der Waals surface area contributed by atoms with Crippen LogP contribution in [0, 0.1) is 5.41 Å². The average molecular weight is 251 g/mol. The fourth-order valence-corrected chi connectivity index (χ4v) is 3.14. The third-order valence-electron chi connectivity index (χ3n) is 3.18. The average Bonchev–Trinajstić information content (AvgIpc) is 2.85. The number of thiophene rings is 1. The van der Waals surface area contributed by atoms with Crippen molar-refractivity contribution in [3.63, 3.8) is 0 Å². The molecular weight excluding hydrogens is 230 g/mol. The minimum absolute atomic E-state index is 0.0822. The maximum absolute atomic E-state index is 12.3. The van der Waals surface area contributed by atoms with Gasteiger partial charge in [-0.05, 0) is 40.6 Å². The van der Waals surface area contributed by atoms with Gasteiger partial charge < -0.3 is 4.90 Å². The van der Waals surface area contributed by atoms with E-state index in [0.717, 1.165) is 19.4 Å². The maximum atomic E-state index is 12.3. The van der Waals surface area contributed by atoms with Crippen molar-refractivity contribution >= 4 is 17.2 Å². The van der Waals surface area contributed by atoms with E-state index in [9.17, 15) is 4.79 Å². The highest BCUT2D eigenvalue weighted by Crippen LogP contribution is 2.34. The molecule has 0 aromatic carbocycles. The molecule has 0 radical (unpaired) electrons. The largest absolute Gasteiger partial charge is 0.336 e. The summed E-state index contributed by atoms with van der Waals surface area (Å²) >= 11 is 1.72. The third-order valence-corrected chi connectivity index (χ3v) is 3.88. The van der Waals surface area contributed by atoms with Gasteiger partial charge in [0.2, 0.25) is 5.91 Å². The van der Waals surface area contributed by atoms with Crippen LogP contribution in [0.15, 0.2) is 16.8 Å². The predicted molar refractivity (Wildman–Crippen MR) is 72.1 cm³/mol. The molecule has 0 saturated carbocycles. The lowest BCUT2D eigenvalue weighted by Gasteiger charge is -2.27. The number of hydrogen-bond donors (Lipinski definition) is 0. The summed E-state index contributed by atoms with van der Waals surface area (Å²) < 4.78 is 0. The summed E-state index contributed by atoms with van der Waals surface area (Å²) in [5, 5.41) is 4.27. The van der Waals surface area contributed by atoms with Crippen molar-refractivity contribution in [2.24, 2.45) is 5.41 Å². The molecule has 1 aliphatic rings. The number of carbonyl (C=O) groups excluding carboxylic acids is 1. The number of hydrogen-bond acceptors (Lipinski definition) is 2. The molecule has 1 unspecified atom stereocenters. The highest BCUT2D eigenvalue weighted by Gasteiger charge is 2.31. The van der Waals surface area contributed by atoms with Crippen LogP contribution in [0.1, 0.15) is 51.6 Å². The molecule has 0 N–H and O–H groups in total. The topological polar surface area (TPSA) is 20.3 Å². The second kappa shape index (κ2) is 4.81. The fourth-order valence-electron chi connectivity index (χ4n) is 2.43. The van der Waals surface area contributed by atoms with Gasteiger partial charge in [0, 0.05) is 13.0 Å². The predicted octanol–water partition coefficient (Wildman–Crippen LogP) is 3.85. The van der Waals surface area contributed by atoms with Gasteiger partial charge >= 0.3 is 0 Å². The first-order valence-electron chi connectivity index (χ1n) is 6.29. The summed E-state index contributed by atoms with van der Waals surface area (Å²) in [5.41, 5.74) is 1.40. The van der Waals surface area contributed by atoms with E-state index in [0.29, 0.717) is 18.4 Å². The van der Waals surface area contributed by atoms with Crippen LogP contribution in [-0.4, -0.2) is 17.4 Å². The molecule has 1 saturated heterocycles. The van der Waals surface area contributed by atoms with Crippen LogP contribution >= 0.6 is 11.3 Å². The van der Waals surface area contributed by atoms with Gasteiger partial charge in [-0.1, -0.05) is 20.8 Å². The molecule has 1 atom stereocenters. The molecule has 0 spiro atoms. The lowest BCUT2D eigenvalue weighted by atomic mass is 9.91. The number of nitrogens with zero attached hydrogens (tertiary/aromatic N) is 1. The Kier molecular flexibility index (Phi) is 3.57. The zero-order chi connectivity index (χ0) is 12.5. The first kappa shape index (κ1) is 12.6. The van der Waals surface area contributed by atoms with Gasteiger partial charge in [0.05, 0.1) is 6.04 Å². The van der Waals surface area contributed by atoms with Crippen molar-refractivity contribution < 1.29 is 4.79 Å². The normalized spacial score (nSPS) is 20.9. The second-order valence-corrected chi connectivity index (χ2v) is 6.82. The van der Waals surface area contributed by atoms with Crippen molar-refractivity contribution in [1.82, 2.24) is 4.90 Å². The van der Waals surface area contributed by atoms with Gasteiger partial charge in [0.25, 0.3) is 0 Å². The highest BCUT2D eigenvalue weighted by atomic mass is 32.1. The number of rotatable bonds is 2. The van der Waals surface area contributed by atoms with E-state index in [1.54, 1.807) is 11.3 Å². The first-order chi connectivity index (χ1) is 7.97. The van der Waals surface area contributed by atoms with Gasteiger partial charge in [-0.25, -0.2) is 0 Å². The summed E-state index contributed by atoms with van der Waals surface area (Å²) in [4.78, 5) is 14.4. The molecule has 0 aliphatic carbocycles. The van der Waals surface area contributed by atoms with Crippen LogP contribution in [0.5, 0.6) is 0 Å². The lowest BCUT2D eigenvalue weighted by Crippen LogP contribution is -2.33. The van der Waals surface area contributed by atoms with Gasteiger partial charge in [0.1, 0.15) is 0 Å². The van der Waals surface area contributed by atoms with Crippen LogP contribution in [0.3, 0.4) is 0 Å². The highest BCUT2D eigenvalue weighted by molar-refractivity contribution is 7.07. The molecule has 1 fully saturated rings. The van der Waals surface area contributed by atoms with E-state index in [2.05, 4.69) is 42.5 Å². The molecule has 1 aliphatic heterocycles. The minimum Gasteiger partial charge on any atom is -0.336 e. The molecular formula is C14H21NOS. The molecule has 3 heteroatoms. The van der Waals surface area contributed by atoms with E-state index in [1.807, 2.05) is 0 Å². The molecule has 1 amide bonds. The molecule has 2 heterocycles. The molecule has 1 aromatic heterocycles. The van der Waals surface area contributed by atoms with E-state index < -0.39 is 0 Å². The summed E-state index contributed by atoms with van der Waals surface area (Å²) in [6.45, 7) is 7.30. The Morgan fingerprint density at radius 1 is 1.53 bits per heavy atom. The second-order valence-electron chi connectivity index (χ2n) is 6.04. The van der Waals surface area contributed by atoms with Crippen LogP contribution in [0.25, 0.3) is 0 Å². The summed E-state index contributed by atoms with van der Waals surface area (Å²) in [5.74, 6) is 0.311. The van der Waals surface area contributed by atoms with E-state index in [-0.39, 0.29) is 5.41 Å². The summed E-state index contributed by atoms with van der Waals surface area (Å²) in [6, 6.07) is 2.48. The Hall–Kier alpha value is -0.830. The standard InChI is InChI=1S/C14H21NOS/c1-14(2,3)9-13(16)15-7-4-5-12(15)11-6-8-17-10-11/h6,8,10,12H,4-5,7,9H2,1-3H3. The maximum Gasteiger partial charge on any atom is 0.223 e. The van der Waals surface area contributed by atoms with E-state index in [4.69, 9.17) is 0 Å². The summed E-state index contributed by atoms with van der Waals surface area (Å²) in [7, 11) is 0. The Bertz CT molecular complexity index is 377. The zero-order valence-electron chi connectivity index (χ0n) is 10.9. The van der Waals surface area contributed by atoms with Gasteiger partial charge in [0.15, 0.2) is 0 Å². The van der Waals surface area contributed by atoms with Crippen molar-refractivity contribution in [2.45, 2.75) is 46.1 Å².